The van der Waals surface area contributed by atoms with Crippen molar-refractivity contribution in [2.75, 3.05) is 11.4 Å². The Hall–Kier alpha value is -1.51. The van der Waals surface area contributed by atoms with Crippen molar-refractivity contribution >= 4 is 11.7 Å². The van der Waals surface area contributed by atoms with Crippen molar-refractivity contribution in [1.82, 2.24) is 5.32 Å². The SMILES string of the molecule is CC1(C)CN(c2ccccc2)C(=O)N1. The van der Waals surface area contributed by atoms with Crippen molar-refractivity contribution in [2.24, 2.45) is 0 Å². The molecule has 0 unspecified atom stereocenters. The number of hydrogen-bond donors (Lipinski definition) is 1. The highest BCUT2D eigenvalue weighted by Crippen LogP contribution is 2.21. The van der Waals surface area contributed by atoms with Gasteiger partial charge in [-0.05, 0) is 26.0 Å². The van der Waals surface area contributed by atoms with Gasteiger partial charge in [0, 0.05) is 5.69 Å². The molecule has 0 spiro atoms. The molecule has 1 fully saturated rings. The molecule has 3 nitrogen and oxygen atoms in total. The minimum absolute atomic E-state index is 0.0128. The van der Waals surface area contributed by atoms with Gasteiger partial charge in [0.05, 0.1) is 12.1 Å². The molecule has 1 aromatic carbocycles. The number of benzene rings is 1. The number of urea groups is 1. The summed E-state index contributed by atoms with van der Waals surface area (Å²) in [7, 11) is 0. The van der Waals surface area contributed by atoms with Crippen LogP contribution in [0.4, 0.5) is 10.5 Å². The van der Waals surface area contributed by atoms with E-state index in [9.17, 15) is 4.79 Å². The van der Waals surface area contributed by atoms with E-state index in [4.69, 9.17) is 0 Å². The Bertz CT molecular complexity index is 346. The average molecular weight is 190 g/mol. The Morgan fingerprint density at radius 3 is 2.43 bits per heavy atom. The summed E-state index contributed by atoms with van der Waals surface area (Å²) in [5.41, 5.74) is 0.822. The van der Waals surface area contributed by atoms with Gasteiger partial charge in [-0.15, -0.1) is 0 Å². The zero-order valence-corrected chi connectivity index (χ0v) is 8.45. The molecule has 1 aliphatic heterocycles. The molecule has 1 aromatic rings. The van der Waals surface area contributed by atoms with Crippen LogP contribution in [0.2, 0.25) is 0 Å². The number of para-hydroxylation sites is 1. The molecule has 0 atom stereocenters. The van der Waals surface area contributed by atoms with Gasteiger partial charge in [0.2, 0.25) is 0 Å². The van der Waals surface area contributed by atoms with Crippen molar-refractivity contribution in [3.8, 4) is 0 Å². The molecule has 1 saturated heterocycles. The van der Waals surface area contributed by atoms with Crippen LogP contribution in [-0.2, 0) is 0 Å². The van der Waals surface area contributed by atoms with Crippen molar-refractivity contribution in [3.63, 3.8) is 0 Å². The van der Waals surface area contributed by atoms with Crippen molar-refractivity contribution in [3.05, 3.63) is 30.3 Å². The Labute approximate surface area is 83.7 Å². The van der Waals surface area contributed by atoms with Gasteiger partial charge < -0.3 is 5.32 Å². The van der Waals surface area contributed by atoms with Crippen LogP contribution in [0.5, 0.6) is 0 Å². The average Bonchev–Trinajstić information content (AvgIpc) is 2.41. The molecule has 1 N–H and O–H groups in total. The standard InChI is InChI=1S/C11H14N2O/c1-11(2)8-13(10(14)12-11)9-6-4-3-5-7-9/h3-7H,8H2,1-2H3,(H,12,14). The quantitative estimate of drug-likeness (QED) is 0.721. The fourth-order valence-electron chi connectivity index (χ4n) is 1.68. The van der Waals surface area contributed by atoms with Crippen molar-refractivity contribution in [2.45, 2.75) is 19.4 Å². The second kappa shape index (κ2) is 3.01. The number of hydrogen-bond acceptors (Lipinski definition) is 1. The zero-order chi connectivity index (χ0) is 10.2. The Morgan fingerprint density at radius 2 is 1.93 bits per heavy atom. The number of nitrogens with zero attached hydrogens (tertiary/aromatic N) is 1. The molecule has 0 bridgehead atoms. The van der Waals surface area contributed by atoms with Crippen molar-refractivity contribution in [1.29, 1.82) is 0 Å². The number of rotatable bonds is 1. The highest BCUT2D eigenvalue weighted by Gasteiger charge is 2.35. The molecule has 2 amide bonds. The van der Waals surface area contributed by atoms with Gasteiger partial charge in [-0.2, -0.15) is 0 Å². The molecule has 0 aromatic heterocycles. The number of nitrogens with one attached hydrogen (secondary N) is 1. The molecule has 14 heavy (non-hydrogen) atoms. The van der Waals surface area contributed by atoms with Crippen LogP contribution < -0.4 is 10.2 Å². The van der Waals surface area contributed by atoms with Crippen LogP contribution in [0.3, 0.4) is 0 Å². The number of anilines is 1. The van der Waals surface area contributed by atoms with Crippen LogP contribution in [0, 0.1) is 0 Å². The second-order valence-electron chi connectivity index (χ2n) is 4.24. The van der Waals surface area contributed by atoms with E-state index in [1.165, 1.54) is 0 Å². The van der Waals surface area contributed by atoms with E-state index < -0.39 is 0 Å². The molecule has 0 aliphatic carbocycles. The zero-order valence-electron chi connectivity index (χ0n) is 8.45. The van der Waals surface area contributed by atoms with E-state index in [1.54, 1.807) is 4.90 Å². The fraction of sp³-hybridized carbons (Fsp3) is 0.364. The lowest BCUT2D eigenvalue weighted by molar-refractivity contribution is 0.249. The predicted octanol–water partition coefficient (Wildman–Crippen LogP) is 1.99. The Balaban J connectivity index is 2.26. The molecule has 0 radical (unpaired) electrons. The third kappa shape index (κ3) is 1.58. The molecular formula is C11H14N2O. The van der Waals surface area contributed by atoms with E-state index in [0.29, 0.717) is 0 Å². The summed E-state index contributed by atoms with van der Waals surface area (Å²) in [6.07, 6.45) is 0. The fourth-order valence-corrected chi connectivity index (χ4v) is 1.68. The largest absolute Gasteiger partial charge is 0.331 e. The first-order valence-corrected chi connectivity index (χ1v) is 4.73. The van der Waals surface area contributed by atoms with E-state index in [0.717, 1.165) is 12.2 Å². The van der Waals surface area contributed by atoms with Gasteiger partial charge in [0.15, 0.2) is 0 Å². The first-order valence-electron chi connectivity index (χ1n) is 4.73. The monoisotopic (exact) mass is 190 g/mol. The lowest BCUT2D eigenvalue weighted by atomic mass is 10.1. The lowest BCUT2D eigenvalue weighted by Crippen LogP contribution is -2.36. The molecule has 3 heteroatoms. The molecule has 1 aliphatic rings. The van der Waals surface area contributed by atoms with Crippen LogP contribution in [-0.4, -0.2) is 18.1 Å². The third-order valence-electron chi connectivity index (χ3n) is 2.31. The lowest BCUT2D eigenvalue weighted by Gasteiger charge is -2.17. The first-order chi connectivity index (χ1) is 6.58. The highest BCUT2D eigenvalue weighted by atomic mass is 16.2. The number of carbonyl (C=O) groups is 1. The van der Waals surface area contributed by atoms with Gasteiger partial charge in [0.25, 0.3) is 0 Å². The summed E-state index contributed by atoms with van der Waals surface area (Å²) < 4.78 is 0. The molecule has 0 saturated carbocycles. The first kappa shape index (κ1) is 9.06. The Morgan fingerprint density at radius 1 is 1.29 bits per heavy atom. The van der Waals surface area contributed by atoms with Crippen LogP contribution in [0.1, 0.15) is 13.8 Å². The topological polar surface area (TPSA) is 32.3 Å². The maximum atomic E-state index is 11.6. The maximum Gasteiger partial charge on any atom is 0.322 e. The molecular weight excluding hydrogens is 176 g/mol. The normalized spacial score (nSPS) is 19.6. The minimum Gasteiger partial charge on any atom is -0.331 e. The number of carbonyl (C=O) groups excluding carboxylic acids is 1. The summed E-state index contributed by atoms with van der Waals surface area (Å²) >= 11 is 0. The van der Waals surface area contributed by atoms with Crippen molar-refractivity contribution < 1.29 is 4.79 Å². The van der Waals surface area contributed by atoms with E-state index in [-0.39, 0.29) is 11.6 Å². The summed E-state index contributed by atoms with van der Waals surface area (Å²) in [4.78, 5) is 13.4. The molecule has 1 heterocycles. The van der Waals surface area contributed by atoms with Gasteiger partial charge in [0.1, 0.15) is 0 Å². The Kier molecular flexibility index (Phi) is 1.95. The smallest absolute Gasteiger partial charge is 0.322 e. The van der Waals surface area contributed by atoms with Crippen LogP contribution in [0.15, 0.2) is 30.3 Å². The van der Waals surface area contributed by atoms with Gasteiger partial charge in [-0.1, -0.05) is 18.2 Å². The third-order valence-corrected chi connectivity index (χ3v) is 2.31. The van der Waals surface area contributed by atoms with E-state index in [1.807, 2.05) is 44.2 Å². The predicted molar refractivity (Wildman–Crippen MR) is 56.4 cm³/mol. The van der Waals surface area contributed by atoms with E-state index in [2.05, 4.69) is 5.32 Å². The van der Waals surface area contributed by atoms with E-state index >= 15 is 0 Å². The summed E-state index contributed by atoms with van der Waals surface area (Å²) in [5, 5.41) is 2.93. The minimum atomic E-state index is -0.132. The van der Waals surface area contributed by atoms with Gasteiger partial charge in [-0.3, -0.25) is 4.90 Å². The van der Waals surface area contributed by atoms with Crippen LogP contribution >= 0.6 is 0 Å². The van der Waals surface area contributed by atoms with Gasteiger partial charge in [-0.25, -0.2) is 4.79 Å². The van der Waals surface area contributed by atoms with Crippen LogP contribution in [0.25, 0.3) is 0 Å². The summed E-state index contributed by atoms with van der Waals surface area (Å²) in [6.45, 7) is 4.76. The number of amides is 2. The highest BCUT2D eigenvalue weighted by molar-refractivity contribution is 5.95. The molecule has 2 rings (SSSR count). The maximum absolute atomic E-state index is 11.6. The van der Waals surface area contributed by atoms with Gasteiger partial charge >= 0.3 is 6.03 Å². The second-order valence-corrected chi connectivity index (χ2v) is 4.24. The summed E-state index contributed by atoms with van der Waals surface area (Å²) in [5.74, 6) is 0. The summed E-state index contributed by atoms with van der Waals surface area (Å²) in [6, 6.07) is 9.70. The molecule has 74 valence electrons.